The van der Waals surface area contributed by atoms with Gasteiger partial charge < -0.3 is 9.80 Å². The predicted molar refractivity (Wildman–Crippen MR) is 96.2 cm³/mol. The van der Waals surface area contributed by atoms with Crippen LogP contribution in [0.25, 0.3) is 10.2 Å². The smallest absolute Gasteiger partial charge is 0.266 e. The van der Waals surface area contributed by atoms with E-state index in [1.165, 1.54) is 15.8 Å². The minimum atomic E-state index is -0.170. The Morgan fingerprint density at radius 2 is 1.88 bits per heavy atom. The Kier molecular flexibility index (Phi) is 3.68. The molecule has 0 radical (unpaired) electrons. The standard InChI is InChI=1S/C16H18N6OS/c1-10-11(2)24-16-14(10)15(17-9-18-16)22-5-3-21(4-6-22)12-7-13(23)20-19-8-12/h7-9H,3-6H2,1-2H3,(H,20,23). The summed E-state index contributed by atoms with van der Waals surface area (Å²) in [6.45, 7) is 7.64. The molecule has 4 heterocycles. The summed E-state index contributed by atoms with van der Waals surface area (Å²) in [4.78, 5) is 27.2. The average molecular weight is 342 g/mol. The van der Waals surface area contributed by atoms with Crippen LogP contribution in [0.4, 0.5) is 11.5 Å². The molecule has 7 nitrogen and oxygen atoms in total. The molecule has 0 amide bonds. The van der Waals surface area contributed by atoms with Crippen molar-refractivity contribution in [2.75, 3.05) is 36.0 Å². The number of aryl methyl sites for hydroxylation is 2. The molecule has 1 fully saturated rings. The topological polar surface area (TPSA) is 78.0 Å². The van der Waals surface area contributed by atoms with Crippen LogP contribution >= 0.6 is 11.3 Å². The maximum absolute atomic E-state index is 11.4. The van der Waals surface area contributed by atoms with Crippen molar-refractivity contribution < 1.29 is 0 Å². The fourth-order valence-electron chi connectivity index (χ4n) is 3.12. The number of hydrogen-bond acceptors (Lipinski definition) is 7. The highest BCUT2D eigenvalue weighted by Gasteiger charge is 2.22. The molecule has 0 aliphatic carbocycles. The Bertz CT molecular complexity index is 941. The number of anilines is 2. The van der Waals surface area contributed by atoms with Gasteiger partial charge in [0.2, 0.25) is 0 Å². The van der Waals surface area contributed by atoms with Crippen molar-refractivity contribution in [3.63, 3.8) is 0 Å². The van der Waals surface area contributed by atoms with Gasteiger partial charge in [0, 0.05) is 37.1 Å². The van der Waals surface area contributed by atoms with Gasteiger partial charge in [-0.15, -0.1) is 11.3 Å². The fraction of sp³-hybridized carbons (Fsp3) is 0.375. The largest absolute Gasteiger partial charge is 0.367 e. The number of piperazine rings is 1. The van der Waals surface area contributed by atoms with Crippen LogP contribution in [-0.4, -0.2) is 46.3 Å². The molecule has 124 valence electrons. The number of rotatable bonds is 2. The number of nitrogens with one attached hydrogen (secondary N) is 1. The molecule has 8 heteroatoms. The third kappa shape index (κ3) is 2.52. The number of H-pyrrole nitrogens is 1. The molecule has 1 aliphatic heterocycles. The van der Waals surface area contributed by atoms with E-state index in [0.717, 1.165) is 42.5 Å². The second-order valence-corrected chi connectivity index (χ2v) is 7.14. The van der Waals surface area contributed by atoms with Gasteiger partial charge in [0.1, 0.15) is 17.0 Å². The molecule has 0 saturated carbocycles. The second-order valence-electron chi connectivity index (χ2n) is 5.94. The first-order valence-corrected chi connectivity index (χ1v) is 8.70. The summed E-state index contributed by atoms with van der Waals surface area (Å²) in [5.74, 6) is 1.02. The van der Waals surface area contributed by atoms with E-state index in [0.29, 0.717) is 0 Å². The van der Waals surface area contributed by atoms with Crippen LogP contribution in [0.1, 0.15) is 10.4 Å². The maximum atomic E-state index is 11.4. The summed E-state index contributed by atoms with van der Waals surface area (Å²) in [5.41, 5.74) is 1.97. The van der Waals surface area contributed by atoms with E-state index >= 15 is 0 Å². The van der Waals surface area contributed by atoms with Crippen LogP contribution in [-0.2, 0) is 0 Å². The summed E-state index contributed by atoms with van der Waals surface area (Å²) in [7, 11) is 0. The predicted octanol–water partition coefficient (Wildman–Crippen LogP) is 1.72. The van der Waals surface area contributed by atoms with Crippen LogP contribution in [0.2, 0.25) is 0 Å². The summed E-state index contributed by atoms with van der Waals surface area (Å²) < 4.78 is 0. The number of hydrogen-bond donors (Lipinski definition) is 1. The number of fused-ring (bicyclic) bond motifs is 1. The molecule has 0 aromatic carbocycles. The summed E-state index contributed by atoms with van der Waals surface area (Å²) in [6.07, 6.45) is 3.35. The fourth-order valence-corrected chi connectivity index (χ4v) is 4.11. The van der Waals surface area contributed by atoms with Gasteiger partial charge in [-0.1, -0.05) is 0 Å². The summed E-state index contributed by atoms with van der Waals surface area (Å²) >= 11 is 1.72. The second kappa shape index (κ2) is 5.86. The summed E-state index contributed by atoms with van der Waals surface area (Å²) in [5, 5.41) is 7.47. The first-order valence-electron chi connectivity index (χ1n) is 7.89. The minimum absolute atomic E-state index is 0.170. The Morgan fingerprint density at radius 3 is 2.62 bits per heavy atom. The quantitative estimate of drug-likeness (QED) is 0.764. The Balaban J connectivity index is 1.59. The average Bonchev–Trinajstić information content (AvgIpc) is 2.90. The van der Waals surface area contributed by atoms with Crippen molar-refractivity contribution in [2.24, 2.45) is 0 Å². The normalized spacial score (nSPS) is 15.2. The SMILES string of the molecule is Cc1sc2ncnc(N3CCN(c4cn[nH]c(=O)c4)CC3)c2c1C. The van der Waals surface area contributed by atoms with E-state index in [9.17, 15) is 4.79 Å². The monoisotopic (exact) mass is 342 g/mol. The van der Waals surface area contributed by atoms with E-state index in [-0.39, 0.29) is 5.56 Å². The molecule has 1 saturated heterocycles. The Hall–Kier alpha value is -2.48. The molecule has 4 rings (SSSR count). The highest BCUT2D eigenvalue weighted by Crippen LogP contribution is 2.34. The molecule has 3 aromatic heterocycles. The van der Waals surface area contributed by atoms with Crippen LogP contribution in [0, 0.1) is 13.8 Å². The summed E-state index contributed by atoms with van der Waals surface area (Å²) in [6, 6.07) is 1.60. The molecular weight excluding hydrogens is 324 g/mol. The minimum Gasteiger partial charge on any atom is -0.367 e. The molecule has 0 bridgehead atoms. The molecule has 24 heavy (non-hydrogen) atoms. The Morgan fingerprint density at radius 1 is 1.12 bits per heavy atom. The first kappa shape index (κ1) is 15.1. The van der Waals surface area contributed by atoms with Gasteiger partial charge in [-0.05, 0) is 19.4 Å². The van der Waals surface area contributed by atoms with Crippen molar-refractivity contribution in [2.45, 2.75) is 13.8 Å². The van der Waals surface area contributed by atoms with Crippen molar-refractivity contribution in [3.05, 3.63) is 39.4 Å². The van der Waals surface area contributed by atoms with Crippen LogP contribution in [0.5, 0.6) is 0 Å². The third-order valence-corrected chi connectivity index (χ3v) is 5.66. The van der Waals surface area contributed by atoms with Gasteiger partial charge >= 0.3 is 0 Å². The Labute approximate surface area is 143 Å². The van der Waals surface area contributed by atoms with Crippen LogP contribution in [0.15, 0.2) is 23.4 Å². The van der Waals surface area contributed by atoms with Crippen molar-refractivity contribution in [1.29, 1.82) is 0 Å². The third-order valence-electron chi connectivity index (χ3n) is 4.54. The van der Waals surface area contributed by atoms with E-state index < -0.39 is 0 Å². The first-order chi connectivity index (χ1) is 11.6. The molecule has 0 unspecified atom stereocenters. The van der Waals surface area contributed by atoms with Gasteiger partial charge in [0.15, 0.2) is 0 Å². The number of thiophene rings is 1. The lowest BCUT2D eigenvalue weighted by Crippen LogP contribution is -2.47. The zero-order valence-corrected chi connectivity index (χ0v) is 14.4. The van der Waals surface area contributed by atoms with E-state index in [1.54, 1.807) is 29.9 Å². The zero-order chi connectivity index (χ0) is 16.7. The van der Waals surface area contributed by atoms with Crippen LogP contribution in [0.3, 0.4) is 0 Å². The van der Waals surface area contributed by atoms with Gasteiger partial charge in [-0.25, -0.2) is 15.1 Å². The van der Waals surface area contributed by atoms with Crippen molar-refractivity contribution >= 4 is 33.1 Å². The number of aromatic amines is 1. The molecule has 0 atom stereocenters. The van der Waals surface area contributed by atoms with Gasteiger partial charge in [-0.2, -0.15) is 5.10 Å². The van der Waals surface area contributed by atoms with Gasteiger partial charge in [0.05, 0.1) is 17.3 Å². The molecule has 1 N–H and O–H groups in total. The van der Waals surface area contributed by atoms with Crippen molar-refractivity contribution in [1.82, 2.24) is 20.2 Å². The highest BCUT2D eigenvalue weighted by molar-refractivity contribution is 7.18. The van der Waals surface area contributed by atoms with E-state index in [2.05, 4.69) is 43.8 Å². The zero-order valence-electron chi connectivity index (χ0n) is 13.6. The highest BCUT2D eigenvalue weighted by atomic mass is 32.1. The number of aromatic nitrogens is 4. The maximum Gasteiger partial charge on any atom is 0.266 e. The molecule has 1 aliphatic rings. The molecular formula is C16H18N6OS. The van der Waals surface area contributed by atoms with Crippen LogP contribution < -0.4 is 15.4 Å². The lowest BCUT2D eigenvalue weighted by Gasteiger charge is -2.36. The molecule has 3 aromatic rings. The van der Waals surface area contributed by atoms with E-state index in [4.69, 9.17) is 0 Å². The lowest BCUT2D eigenvalue weighted by molar-refractivity contribution is 0.646. The molecule has 0 spiro atoms. The number of nitrogens with zero attached hydrogens (tertiary/aromatic N) is 5. The van der Waals surface area contributed by atoms with Gasteiger partial charge in [-0.3, -0.25) is 4.79 Å². The van der Waals surface area contributed by atoms with Gasteiger partial charge in [0.25, 0.3) is 5.56 Å². The lowest BCUT2D eigenvalue weighted by atomic mass is 10.2. The van der Waals surface area contributed by atoms with Crippen molar-refractivity contribution in [3.8, 4) is 0 Å². The van der Waals surface area contributed by atoms with E-state index in [1.807, 2.05) is 0 Å².